The van der Waals surface area contributed by atoms with E-state index in [0.717, 1.165) is 11.2 Å². The highest BCUT2D eigenvalue weighted by Gasteiger charge is 2.51. The first kappa shape index (κ1) is 15.1. The van der Waals surface area contributed by atoms with Crippen LogP contribution in [0.25, 0.3) is 5.69 Å². The highest BCUT2D eigenvalue weighted by Crippen LogP contribution is 2.36. The molecule has 22 heavy (non-hydrogen) atoms. The predicted octanol–water partition coefficient (Wildman–Crippen LogP) is 1.17. The van der Waals surface area contributed by atoms with Crippen molar-refractivity contribution in [3.8, 4) is 5.69 Å². The number of hydrogen-bond acceptors (Lipinski definition) is 4. The molecule has 0 amide bonds. The van der Waals surface area contributed by atoms with Gasteiger partial charge in [0, 0.05) is 17.9 Å². The molecule has 6 nitrogen and oxygen atoms in total. The van der Waals surface area contributed by atoms with Crippen LogP contribution in [0.1, 0.15) is 33.4 Å². The molecule has 0 saturated carbocycles. The molecular formula is C15H20BN3O3. The van der Waals surface area contributed by atoms with Crippen LogP contribution in [0.15, 0.2) is 29.3 Å². The molecule has 1 N–H and O–H groups in total. The van der Waals surface area contributed by atoms with E-state index in [1.807, 2.05) is 40.7 Å². The van der Waals surface area contributed by atoms with Gasteiger partial charge in [-0.2, -0.15) is 5.10 Å². The van der Waals surface area contributed by atoms with Crippen molar-refractivity contribution in [3.63, 3.8) is 0 Å². The zero-order valence-corrected chi connectivity index (χ0v) is 13.5. The van der Waals surface area contributed by atoms with E-state index < -0.39 is 18.3 Å². The smallest absolute Gasteiger partial charge is 0.399 e. The summed E-state index contributed by atoms with van der Waals surface area (Å²) in [5.41, 5.74) is 1.01. The lowest BCUT2D eigenvalue weighted by Gasteiger charge is -2.32. The van der Waals surface area contributed by atoms with E-state index in [1.165, 1.54) is 0 Å². The van der Waals surface area contributed by atoms with Gasteiger partial charge in [0.25, 0.3) is 5.56 Å². The molecule has 116 valence electrons. The minimum atomic E-state index is -0.516. The molecule has 2 aromatic heterocycles. The summed E-state index contributed by atoms with van der Waals surface area (Å²) in [5.74, 6) is 0. The van der Waals surface area contributed by atoms with E-state index in [9.17, 15) is 4.79 Å². The number of aromatic nitrogens is 3. The van der Waals surface area contributed by atoms with Crippen LogP contribution in [0.4, 0.5) is 0 Å². The van der Waals surface area contributed by atoms with Gasteiger partial charge in [-0.15, -0.1) is 0 Å². The first-order valence-corrected chi connectivity index (χ1v) is 7.30. The van der Waals surface area contributed by atoms with Crippen LogP contribution in [0, 0.1) is 6.92 Å². The average Bonchev–Trinajstić information content (AvgIpc) is 2.92. The van der Waals surface area contributed by atoms with Crippen molar-refractivity contribution in [1.82, 2.24) is 14.8 Å². The van der Waals surface area contributed by atoms with Gasteiger partial charge in [-0.1, -0.05) is 0 Å². The molecule has 3 heterocycles. The molecule has 0 spiro atoms. The lowest BCUT2D eigenvalue weighted by atomic mass is 9.80. The third-order valence-electron chi connectivity index (χ3n) is 4.40. The maximum Gasteiger partial charge on any atom is 0.496 e. The third-order valence-corrected chi connectivity index (χ3v) is 4.40. The fourth-order valence-corrected chi connectivity index (χ4v) is 2.32. The molecule has 0 radical (unpaired) electrons. The van der Waals surface area contributed by atoms with Gasteiger partial charge in [-0.05, 0) is 46.8 Å². The Labute approximate surface area is 129 Å². The first-order chi connectivity index (χ1) is 10.2. The van der Waals surface area contributed by atoms with Crippen molar-refractivity contribution in [3.05, 3.63) is 40.6 Å². The topological polar surface area (TPSA) is 69.1 Å². The van der Waals surface area contributed by atoms with Gasteiger partial charge in [-0.3, -0.25) is 4.79 Å². The average molecular weight is 301 g/mol. The van der Waals surface area contributed by atoms with Crippen molar-refractivity contribution in [1.29, 1.82) is 0 Å². The summed E-state index contributed by atoms with van der Waals surface area (Å²) in [5, 5.41) is 4.28. The number of hydrogen-bond donors (Lipinski definition) is 1. The third kappa shape index (κ3) is 2.40. The second-order valence-electron chi connectivity index (χ2n) is 6.64. The Morgan fingerprint density at radius 1 is 1.23 bits per heavy atom. The number of aromatic amines is 1. The van der Waals surface area contributed by atoms with E-state index in [1.54, 1.807) is 23.1 Å². The summed E-state index contributed by atoms with van der Waals surface area (Å²) in [4.78, 5) is 14.8. The molecule has 0 aromatic carbocycles. The Morgan fingerprint density at radius 3 is 2.41 bits per heavy atom. The van der Waals surface area contributed by atoms with Gasteiger partial charge in [0.05, 0.1) is 16.9 Å². The molecule has 1 fully saturated rings. The normalized spacial score (nSPS) is 19.6. The van der Waals surface area contributed by atoms with E-state index in [0.29, 0.717) is 5.69 Å². The summed E-state index contributed by atoms with van der Waals surface area (Å²) < 4.78 is 13.6. The van der Waals surface area contributed by atoms with Crippen LogP contribution in [0.5, 0.6) is 0 Å². The Hall–Kier alpha value is -1.86. The van der Waals surface area contributed by atoms with Gasteiger partial charge in [-0.25, -0.2) is 4.68 Å². The molecule has 2 aromatic rings. The SMILES string of the molecule is Cc1ccn(-c2cc(B3OC(C)(C)C(C)(C)O3)c[nH]c2=O)n1. The molecule has 0 unspecified atom stereocenters. The van der Waals surface area contributed by atoms with Crippen molar-refractivity contribution < 1.29 is 9.31 Å². The van der Waals surface area contributed by atoms with E-state index in [-0.39, 0.29) is 5.56 Å². The second kappa shape index (κ2) is 4.82. The maximum absolute atomic E-state index is 12.1. The number of H-pyrrole nitrogens is 1. The highest BCUT2D eigenvalue weighted by molar-refractivity contribution is 6.62. The molecule has 1 aliphatic rings. The predicted molar refractivity (Wildman–Crippen MR) is 84.6 cm³/mol. The van der Waals surface area contributed by atoms with Gasteiger partial charge in [0.2, 0.25) is 0 Å². The van der Waals surface area contributed by atoms with Crippen LogP contribution in [0.3, 0.4) is 0 Å². The van der Waals surface area contributed by atoms with Crippen molar-refractivity contribution >= 4 is 12.6 Å². The molecule has 1 aliphatic heterocycles. The second-order valence-corrected chi connectivity index (χ2v) is 6.64. The molecule has 3 rings (SSSR count). The Bertz CT molecular complexity index is 747. The van der Waals surface area contributed by atoms with E-state index in [4.69, 9.17) is 9.31 Å². The van der Waals surface area contributed by atoms with Gasteiger partial charge in [0.1, 0.15) is 5.69 Å². The van der Waals surface area contributed by atoms with Crippen LogP contribution in [-0.2, 0) is 9.31 Å². The quantitative estimate of drug-likeness (QED) is 0.845. The molecule has 0 bridgehead atoms. The number of nitrogens with one attached hydrogen (secondary N) is 1. The molecule has 1 saturated heterocycles. The first-order valence-electron chi connectivity index (χ1n) is 7.30. The minimum Gasteiger partial charge on any atom is -0.399 e. The Kier molecular flexibility index (Phi) is 3.30. The van der Waals surface area contributed by atoms with Crippen molar-refractivity contribution in [2.45, 2.75) is 45.8 Å². The Morgan fingerprint density at radius 2 is 1.86 bits per heavy atom. The van der Waals surface area contributed by atoms with Crippen molar-refractivity contribution in [2.75, 3.05) is 0 Å². The van der Waals surface area contributed by atoms with Crippen LogP contribution in [0.2, 0.25) is 0 Å². The number of pyridine rings is 1. The summed E-state index contributed by atoms with van der Waals surface area (Å²) in [7, 11) is -0.516. The summed E-state index contributed by atoms with van der Waals surface area (Å²) in [6.45, 7) is 9.86. The lowest BCUT2D eigenvalue weighted by molar-refractivity contribution is 0.00578. The maximum atomic E-state index is 12.1. The van der Waals surface area contributed by atoms with Crippen LogP contribution >= 0.6 is 0 Å². The van der Waals surface area contributed by atoms with Crippen LogP contribution in [-0.4, -0.2) is 33.1 Å². The largest absolute Gasteiger partial charge is 0.496 e. The molecule has 0 aliphatic carbocycles. The number of aryl methyl sites for hydroxylation is 1. The molecule has 0 atom stereocenters. The Balaban J connectivity index is 1.99. The summed E-state index contributed by atoms with van der Waals surface area (Å²) in [6, 6.07) is 3.61. The van der Waals surface area contributed by atoms with Gasteiger partial charge < -0.3 is 14.3 Å². The van der Waals surface area contributed by atoms with E-state index >= 15 is 0 Å². The molecular weight excluding hydrogens is 281 g/mol. The van der Waals surface area contributed by atoms with Gasteiger partial charge in [0.15, 0.2) is 0 Å². The summed E-state index contributed by atoms with van der Waals surface area (Å²) >= 11 is 0. The zero-order chi connectivity index (χ0) is 16.1. The summed E-state index contributed by atoms with van der Waals surface area (Å²) in [6.07, 6.45) is 3.39. The fraction of sp³-hybridized carbons (Fsp3) is 0.467. The van der Waals surface area contributed by atoms with Gasteiger partial charge >= 0.3 is 7.12 Å². The molecule has 7 heteroatoms. The monoisotopic (exact) mass is 301 g/mol. The van der Waals surface area contributed by atoms with E-state index in [2.05, 4.69) is 10.1 Å². The van der Waals surface area contributed by atoms with Crippen molar-refractivity contribution in [2.24, 2.45) is 0 Å². The lowest BCUT2D eigenvalue weighted by Crippen LogP contribution is -2.41. The zero-order valence-electron chi connectivity index (χ0n) is 13.5. The standard InChI is InChI=1S/C15H20BN3O3/c1-10-6-7-19(18-10)12-8-11(9-17-13(12)20)16-21-14(2,3)15(4,5)22-16/h6-9H,1-5H3,(H,17,20). The highest BCUT2D eigenvalue weighted by atomic mass is 16.7. The fourth-order valence-electron chi connectivity index (χ4n) is 2.32. The number of rotatable bonds is 2. The minimum absolute atomic E-state index is 0.205. The van der Waals surface area contributed by atoms with Crippen LogP contribution < -0.4 is 11.0 Å². The number of nitrogens with zero attached hydrogens (tertiary/aromatic N) is 2.